The van der Waals surface area contributed by atoms with Crippen molar-refractivity contribution in [3.8, 4) is 0 Å². The van der Waals surface area contributed by atoms with Crippen molar-refractivity contribution in [3.63, 3.8) is 0 Å². The van der Waals surface area contributed by atoms with Crippen LogP contribution in [-0.2, 0) is 0 Å². The molecule has 2 aromatic carbocycles. The normalized spacial score (nSPS) is 9.76. The number of anilines is 1. The summed E-state index contributed by atoms with van der Waals surface area (Å²) in [6.07, 6.45) is 0. The zero-order valence-electron chi connectivity index (χ0n) is 10.7. The monoisotopic (exact) mass is 411 g/mol. The van der Waals surface area contributed by atoms with Gasteiger partial charge in [0.25, 0.3) is 5.91 Å². The zero-order valence-corrected chi connectivity index (χ0v) is 13.6. The Hall–Kier alpha value is -1.87. The van der Waals surface area contributed by atoms with Gasteiger partial charge in [0, 0.05) is 9.13 Å². The van der Waals surface area contributed by atoms with Gasteiger partial charge in [0.05, 0.1) is 5.69 Å². The largest absolute Gasteiger partial charge is 0.331 e. The smallest absolute Gasteiger partial charge is 0.257 e. The molecule has 1 amide bonds. The second-order valence-corrected chi connectivity index (χ2v) is 5.60. The minimum absolute atomic E-state index is 0.157. The third-order valence-electron chi connectivity index (χ3n) is 2.57. The molecular weight excluding hydrogens is 401 g/mol. The van der Waals surface area contributed by atoms with Crippen LogP contribution in [0.2, 0.25) is 0 Å². The van der Waals surface area contributed by atoms with Gasteiger partial charge in [-0.3, -0.25) is 10.1 Å². The van der Waals surface area contributed by atoms with Gasteiger partial charge in [-0.05, 0) is 70.3 Å². The van der Waals surface area contributed by atoms with Crippen molar-refractivity contribution in [1.82, 2.24) is 5.32 Å². The lowest BCUT2D eigenvalue weighted by atomic mass is 10.2. The number of hydrogen-bond donors (Lipinski definition) is 2. The third kappa shape index (κ3) is 4.30. The first-order valence-corrected chi connectivity index (χ1v) is 7.39. The predicted molar refractivity (Wildman–Crippen MR) is 94.7 cm³/mol. The Kier molecular flexibility index (Phi) is 5.34. The maximum absolute atomic E-state index is 11.9. The van der Waals surface area contributed by atoms with E-state index in [9.17, 15) is 9.70 Å². The van der Waals surface area contributed by atoms with Crippen molar-refractivity contribution < 1.29 is 4.79 Å². The molecule has 21 heavy (non-hydrogen) atoms. The van der Waals surface area contributed by atoms with Crippen LogP contribution in [0.25, 0.3) is 0 Å². The second kappa shape index (κ2) is 7.23. The van der Waals surface area contributed by atoms with Crippen LogP contribution in [-0.4, -0.2) is 11.0 Å². The van der Waals surface area contributed by atoms with Gasteiger partial charge in [-0.15, -0.1) is 4.91 Å². The van der Waals surface area contributed by atoms with Crippen molar-refractivity contribution in [2.75, 3.05) is 5.32 Å². The summed E-state index contributed by atoms with van der Waals surface area (Å²) in [6, 6.07) is 13.7. The van der Waals surface area contributed by atoms with Crippen molar-refractivity contribution in [3.05, 3.63) is 62.6 Å². The van der Waals surface area contributed by atoms with Crippen LogP contribution in [0, 0.1) is 8.48 Å². The van der Waals surface area contributed by atoms with Crippen LogP contribution in [0.5, 0.6) is 0 Å². The topological polar surface area (TPSA) is 70.6 Å². The van der Waals surface area contributed by atoms with Crippen LogP contribution in [0.15, 0.2) is 53.7 Å². The summed E-state index contributed by atoms with van der Waals surface area (Å²) in [4.78, 5) is 22.5. The molecule has 0 aromatic heterocycles. The van der Waals surface area contributed by atoms with Gasteiger partial charge in [-0.25, -0.2) is 0 Å². The third-order valence-corrected chi connectivity index (χ3v) is 3.71. The molecule has 7 heteroatoms. The van der Waals surface area contributed by atoms with E-state index in [2.05, 4.69) is 38.4 Å². The molecule has 2 aromatic rings. The van der Waals surface area contributed by atoms with E-state index in [-0.39, 0.29) is 16.7 Å². The first-order chi connectivity index (χ1) is 10.1. The fourth-order valence-electron chi connectivity index (χ4n) is 1.58. The van der Waals surface area contributed by atoms with E-state index in [1.54, 1.807) is 42.5 Å². The average molecular weight is 411 g/mol. The van der Waals surface area contributed by atoms with Crippen molar-refractivity contribution in [1.29, 1.82) is 0 Å². The van der Waals surface area contributed by atoms with Gasteiger partial charge < -0.3 is 5.32 Å². The molecule has 2 rings (SSSR count). The fraction of sp³-hybridized carbons (Fsp3) is 0. The molecule has 0 saturated heterocycles. The lowest BCUT2D eigenvalue weighted by Gasteiger charge is -2.11. The molecule has 0 saturated carbocycles. The molecule has 0 unspecified atom stereocenters. The molecule has 0 radical (unpaired) electrons. The van der Waals surface area contributed by atoms with Crippen LogP contribution in [0.1, 0.15) is 10.4 Å². The highest BCUT2D eigenvalue weighted by atomic mass is 127. The standard InChI is InChI=1S/C14H10IN3O2S/c15-11-7-6-10(18-20)8-12(11)16-14(21)17-13(19)9-4-2-1-3-5-9/h1-8H,(H2,16,17,19,21). The van der Waals surface area contributed by atoms with Crippen LogP contribution in [0.3, 0.4) is 0 Å². The highest BCUT2D eigenvalue weighted by molar-refractivity contribution is 14.1. The molecule has 0 aliphatic heterocycles. The summed E-state index contributed by atoms with van der Waals surface area (Å²) >= 11 is 7.19. The SMILES string of the molecule is O=Nc1ccc(I)c(NC(=S)NC(=O)c2ccccc2)c1. The molecule has 0 fully saturated rings. The number of amides is 1. The van der Waals surface area contributed by atoms with Gasteiger partial charge >= 0.3 is 0 Å². The molecule has 106 valence electrons. The number of nitrogens with zero attached hydrogens (tertiary/aromatic N) is 1. The number of carbonyl (C=O) groups is 1. The van der Waals surface area contributed by atoms with Crippen molar-refractivity contribution in [2.24, 2.45) is 5.18 Å². The number of carbonyl (C=O) groups excluding carboxylic acids is 1. The average Bonchev–Trinajstić information content (AvgIpc) is 2.50. The Labute approximate surface area is 140 Å². The van der Waals surface area contributed by atoms with Gasteiger partial charge in [-0.1, -0.05) is 18.2 Å². The molecule has 0 bridgehead atoms. The number of rotatable bonds is 3. The van der Waals surface area contributed by atoms with E-state index >= 15 is 0 Å². The number of halogens is 1. The summed E-state index contributed by atoms with van der Waals surface area (Å²) in [7, 11) is 0. The highest BCUT2D eigenvalue weighted by Crippen LogP contribution is 2.24. The van der Waals surface area contributed by atoms with E-state index in [4.69, 9.17) is 12.2 Å². The van der Waals surface area contributed by atoms with E-state index in [1.165, 1.54) is 0 Å². The van der Waals surface area contributed by atoms with E-state index in [0.717, 1.165) is 3.57 Å². The van der Waals surface area contributed by atoms with E-state index in [0.29, 0.717) is 11.3 Å². The molecule has 0 aliphatic carbocycles. The van der Waals surface area contributed by atoms with Crippen LogP contribution in [0.4, 0.5) is 11.4 Å². The number of nitrogens with one attached hydrogen (secondary N) is 2. The van der Waals surface area contributed by atoms with E-state index < -0.39 is 0 Å². The van der Waals surface area contributed by atoms with Gasteiger partial charge in [0.1, 0.15) is 5.69 Å². The fourth-order valence-corrected chi connectivity index (χ4v) is 2.26. The summed E-state index contributed by atoms with van der Waals surface area (Å²) in [5.74, 6) is -0.298. The minimum atomic E-state index is -0.298. The summed E-state index contributed by atoms with van der Waals surface area (Å²) in [5, 5.41) is 8.48. The molecule has 5 nitrogen and oxygen atoms in total. The minimum Gasteiger partial charge on any atom is -0.331 e. The first-order valence-electron chi connectivity index (χ1n) is 5.90. The quantitative estimate of drug-likeness (QED) is 0.458. The number of thiocarbonyl (C=S) groups is 1. The highest BCUT2D eigenvalue weighted by Gasteiger charge is 2.09. The summed E-state index contributed by atoms with van der Waals surface area (Å²) in [6.45, 7) is 0. The first kappa shape index (κ1) is 15.5. The number of hydrogen-bond acceptors (Lipinski definition) is 4. The van der Waals surface area contributed by atoms with Crippen LogP contribution >= 0.6 is 34.8 Å². The molecule has 0 aliphatic rings. The Morgan fingerprint density at radius 1 is 1.14 bits per heavy atom. The Balaban J connectivity index is 2.05. The van der Waals surface area contributed by atoms with Gasteiger partial charge in [0.15, 0.2) is 5.11 Å². The molecular formula is C14H10IN3O2S. The van der Waals surface area contributed by atoms with E-state index in [1.807, 2.05) is 6.07 Å². The zero-order chi connectivity index (χ0) is 15.2. The summed E-state index contributed by atoms with van der Waals surface area (Å²) < 4.78 is 0.858. The second-order valence-electron chi connectivity index (χ2n) is 4.03. The predicted octanol–water partition coefficient (Wildman–Crippen LogP) is 3.82. The summed E-state index contributed by atoms with van der Waals surface area (Å²) in [5.41, 5.74) is 1.42. The number of nitroso groups, excluding NO2 is 1. The maximum Gasteiger partial charge on any atom is 0.257 e. The van der Waals surface area contributed by atoms with Gasteiger partial charge in [-0.2, -0.15) is 0 Å². The molecule has 0 heterocycles. The maximum atomic E-state index is 11.9. The van der Waals surface area contributed by atoms with Crippen molar-refractivity contribution in [2.45, 2.75) is 0 Å². The lowest BCUT2D eigenvalue weighted by Crippen LogP contribution is -2.34. The van der Waals surface area contributed by atoms with Gasteiger partial charge in [0.2, 0.25) is 0 Å². The molecule has 0 spiro atoms. The Bertz CT molecular complexity index is 692. The van der Waals surface area contributed by atoms with Crippen molar-refractivity contribution >= 4 is 57.2 Å². The Morgan fingerprint density at radius 3 is 2.52 bits per heavy atom. The Morgan fingerprint density at radius 2 is 1.86 bits per heavy atom. The van der Waals surface area contributed by atoms with Crippen LogP contribution < -0.4 is 10.6 Å². The molecule has 0 atom stereocenters. The number of benzene rings is 2. The molecule has 2 N–H and O–H groups in total. The lowest BCUT2D eigenvalue weighted by molar-refractivity contribution is 0.0978.